The van der Waals surface area contributed by atoms with Gasteiger partial charge in [0.1, 0.15) is 4.90 Å². The molecule has 0 amide bonds. The van der Waals surface area contributed by atoms with Gasteiger partial charge in [0, 0.05) is 16.2 Å². The summed E-state index contributed by atoms with van der Waals surface area (Å²) in [5.74, 6) is -0.695. The van der Waals surface area contributed by atoms with E-state index in [9.17, 15) is 12.8 Å². The molecule has 0 saturated heterocycles. The minimum Gasteiger partial charge on any atom is -0.227 e. The Kier molecular flexibility index (Phi) is 2.34. The molecule has 0 aliphatic rings. The molecule has 0 N–H and O–H groups in total. The molecule has 66 valence electrons. The van der Waals surface area contributed by atoms with Crippen molar-refractivity contribution in [2.75, 3.05) is 0 Å². The molecular weight excluding hydrogens is 205 g/mol. The topological polar surface area (TPSA) is 47.0 Å². The van der Waals surface area contributed by atoms with Crippen molar-refractivity contribution in [1.29, 1.82) is 0 Å². The van der Waals surface area contributed by atoms with Crippen molar-refractivity contribution in [1.82, 2.24) is 4.98 Å². The SMILES string of the molecule is Cc1cc(S(=O)(=O)Cl)cnc1F. The molecule has 0 spiro atoms. The van der Waals surface area contributed by atoms with Crippen molar-refractivity contribution in [2.45, 2.75) is 11.8 Å². The van der Waals surface area contributed by atoms with Crippen LogP contribution in [0.25, 0.3) is 0 Å². The summed E-state index contributed by atoms with van der Waals surface area (Å²) < 4.78 is 33.9. The van der Waals surface area contributed by atoms with E-state index >= 15 is 0 Å². The van der Waals surface area contributed by atoms with Crippen LogP contribution in [-0.4, -0.2) is 13.4 Å². The van der Waals surface area contributed by atoms with Crippen molar-refractivity contribution in [2.24, 2.45) is 0 Å². The van der Waals surface area contributed by atoms with Crippen LogP contribution in [-0.2, 0) is 9.05 Å². The van der Waals surface area contributed by atoms with Crippen molar-refractivity contribution in [3.63, 3.8) is 0 Å². The lowest BCUT2D eigenvalue weighted by Gasteiger charge is -1.97. The molecule has 1 heterocycles. The van der Waals surface area contributed by atoms with Gasteiger partial charge in [0.05, 0.1) is 6.20 Å². The third-order valence-corrected chi connectivity index (χ3v) is 2.59. The van der Waals surface area contributed by atoms with Crippen LogP contribution in [0.3, 0.4) is 0 Å². The molecule has 1 aromatic heterocycles. The van der Waals surface area contributed by atoms with Gasteiger partial charge in [0.25, 0.3) is 9.05 Å². The predicted octanol–water partition coefficient (Wildman–Crippen LogP) is 1.46. The van der Waals surface area contributed by atoms with E-state index in [1.54, 1.807) is 0 Å². The van der Waals surface area contributed by atoms with Crippen LogP contribution >= 0.6 is 10.7 Å². The molecule has 0 aromatic carbocycles. The minimum atomic E-state index is -3.80. The summed E-state index contributed by atoms with van der Waals surface area (Å²) in [5, 5.41) is 0. The maximum Gasteiger partial charge on any atom is 0.262 e. The normalized spacial score (nSPS) is 11.6. The van der Waals surface area contributed by atoms with E-state index in [1.165, 1.54) is 6.92 Å². The summed E-state index contributed by atoms with van der Waals surface area (Å²) >= 11 is 0. The van der Waals surface area contributed by atoms with Crippen LogP contribution < -0.4 is 0 Å². The van der Waals surface area contributed by atoms with Crippen molar-refractivity contribution < 1.29 is 12.8 Å². The van der Waals surface area contributed by atoms with E-state index in [0.717, 1.165) is 12.3 Å². The Labute approximate surface area is 73.6 Å². The fraction of sp³-hybridized carbons (Fsp3) is 0.167. The van der Waals surface area contributed by atoms with E-state index in [2.05, 4.69) is 4.98 Å². The van der Waals surface area contributed by atoms with Crippen LogP contribution in [0.4, 0.5) is 4.39 Å². The summed E-state index contributed by atoms with van der Waals surface area (Å²) in [6.07, 6.45) is 0.880. The number of hydrogen-bond acceptors (Lipinski definition) is 3. The number of aryl methyl sites for hydroxylation is 1. The van der Waals surface area contributed by atoms with E-state index < -0.39 is 15.0 Å². The third-order valence-electron chi connectivity index (χ3n) is 1.27. The van der Waals surface area contributed by atoms with Gasteiger partial charge < -0.3 is 0 Å². The molecule has 0 atom stereocenters. The highest BCUT2D eigenvalue weighted by Crippen LogP contribution is 2.15. The van der Waals surface area contributed by atoms with E-state index in [4.69, 9.17) is 10.7 Å². The summed E-state index contributed by atoms with van der Waals surface area (Å²) in [5.41, 5.74) is 0.150. The number of halogens is 2. The second-order valence-electron chi connectivity index (χ2n) is 2.22. The number of hydrogen-bond donors (Lipinski definition) is 0. The average molecular weight is 210 g/mol. The minimum absolute atomic E-state index is 0.150. The third kappa shape index (κ3) is 1.92. The first-order valence-corrected chi connectivity index (χ1v) is 5.29. The summed E-state index contributed by atoms with van der Waals surface area (Å²) in [4.78, 5) is 3.02. The molecule has 0 unspecified atom stereocenters. The van der Waals surface area contributed by atoms with Gasteiger partial charge in [-0.2, -0.15) is 4.39 Å². The Morgan fingerprint density at radius 1 is 1.58 bits per heavy atom. The Hall–Kier alpha value is -0.680. The highest BCUT2D eigenvalue weighted by atomic mass is 35.7. The Morgan fingerprint density at radius 2 is 2.17 bits per heavy atom. The highest BCUT2D eigenvalue weighted by Gasteiger charge is 2.11. The van der Waals surface area contributed by atoms with Crippen molar-refractivity contribution in [3.05, 3.63) is 23.8 Å². The molecule has 3 nitrogen and oxygen atoms in total. The Balaban J connectivity index is 3.33. The zero-order valence-corrected chi connectivity index (χ0v) is 7.66. The zero-order valence-electron chi connectivity index (χ0n) is 6.08. The van der Waals surface area contributed by atoms with Gasteiger partial charge in [-0.3, -0.25) is 0 Å². The Morgan fingerprint density at radius 3 is 2.58 bits per heavy atom. The van der Waals surface area contributed by atoms with E-state index in [0.29, 0.717) is 0 Å². The molecule has 0 aliphatic heterocycles. The quantitative estimate of drug-likeness (QED) is 0.520. The van der Waals surface area contributed by atoms with Crippen LogP contribution in [0.1, 0.15) is 5.56 Å². The average Bonchev–Trinajstić information content (AvgIpc) is 1.92. The maximum absolute atomic E-state index is 12.5. The maximum atomic E-state index is 12.5. The van der Waals surface area contributed by atoms with Gasteiger partial charge in [0.15, 0.2) is 0 Å². The van der Waals surface area contributed by atoms with Gasteiger partial charge >= 0.3 is 0 Å². The number of pyridine rings is 1. The van der Waals surface area contributed by atoms with Crippen molar-refractivity contribution >= 4 is 19.7 Å². The molecule has 0 radical (unpaired) electrons. The van der Waals surface area contributed by atoms with E-state index in [-0.39, 0.29) is 10.5 Å². The molecule has 0 aliphatic carbocycles. The van der Waals surface area contributed by atoms with Gasteiger partial charge in [-0.05, 0) is 13.0 Å². The van der Waals surface area contributed by atoms with Crippen LogP contribution in [0.15, 0.2) is 17.2 Å². The van der Waals surface area contributed by atoms with Crippen LogP contribution in [0.5, 0.6) is 0 Å². The number of rotatable bonds is 1. The smallest absolute Gasteiger partial charge is 0.227 e. The highest BCUT2D eigenvalue weighted by molar-refractivity contribution is 8.13. The monoisotopic (exact) mass is 209 g/mol. The second-order valence-corrected chi connectivity index (χ2v) is 4.78. The summed E-state index contributed by atoms with van der Waals surface area (Å²) in [6.45, 7) is 1.41. The van der Waals surface area contributed by atoms with Gasteiger partial charge in [-0.25, -0.2) is 13.4 Å². The van der Waals surface area contributed by atoms with Gasteiger partial charge in [-0.1, -0.05) is 0 Å². The Bertz CT molecular complexity index is 404. The first-order chi connectivity index (χ1) is 5.41. The summed E-state index contributed by atoms with van der Waals surface area (Å²) in [6, 6.07) is 1.13. The zero-order chi connectivity index (χ0) is 9.35. The van der Waals surface area contributed by atoms with Gasteiger partial charge in [-0.15, -0.1) is 0 Å². The number of nitrogens with zero attached hydrogens (tertiary/aromatic N) is 1. The molecule has 1 aromatic rings. The molecule has 0 fully saturated rings. The van der Waals surface area contributed by atoms with Crippen LogP contribution in [0.2, 0.25) is 0 Å². The molecule has 0 bridgehead atoms. The second kappa shape index (κ2) is 2.99. The predicted molar refractivity (Wildman–Crippen MR) is 42.0 cm³/mol. The molecule has 0 saturated carbocycles. The number of aromatic nitrogens is 1. The molecular formula is C6H5ClFNO2S. The molecule has 6 heteroatoms. The molecule has 12 heavy (non-hydrogen) atoms. The van der Waals surface area contributed by atoms with Crippen molar-refractivity contribution in [3.8, 4) is 0 Å². The first-order valence-electron chi connectivity index (χ1n) is 2.98. The van der Waals surface area contributed by atoms with E-state index in [1.807, 2.05) is 0 Å². The fourth-order valence-corrected chi connectivity index (χ4v) is 1.41. The fourth-order valence-electron chi connectivity index (χ4n) is 0.666. The lowest BCUT2D eigenvalue weighted by atomic mass is 10.3. The first kappa shape index (κ1) is 9.41. The molecule has 1 rings (SSSR count). The summed E-state index contributed by atoms with van der Waals surface area (Å²) in [7, 11) is 1.19. The lowest BCUT2D eigenvalue weighted by Crippen LogP contribution is -1.95. The largest absolute Gasteiger partial charge is 0.262 e. The lowest BCUT2D eigenvalue weighted by molar-refractivity contribution is 0.569. The standard InChI is InChI=1S/C6H5ClFNO2S/c1-4-2-5(12(7,10)11)3-9-6(4)8/h2-3H,1H3. The van der Waals surface area contributed by atoms with Crippen LogP contribution in [0, 0.1) is 12.9 Å². The van der Waals surface area contributed by atoms with Gasteiger partial charge in [0.2, 0.25) is 5.95 Å².